The van der Waals surface area contributed by atoms with E-state index in [1.54, 1.807) is 24.4 Å². The molecule has 1 heterocycles. The lowest BCUT2D eigenvalue weighted by Gasteiger charge is -2.20. The molecule has 2 aromatic carbocycles. The molecule has 0 bridgehead atoms. The minimum absolute atomic E-state index is 0.116. The van der Waals surface area contributed by atoms with Crippen LogP contribution in [0.5, 0.6) is 11.5 Å². The number of nitrogens with one attached hydrogen (secondary N) is 2. The molecule has 27 heavy (non-hydrogen) atoms. The predicted octanol–water partition coefficient (Wildman–Crippen LogP) is 2.32. The summed E-state index contributed by atoms with van der Waals surface area (Å²) < 4.78 is 10.5. The van der Waals surface area contributed by atoms with E-state index in [2.05, 4.69) is 15.8 Å². The van der Waals surface area contributed by atoms with Crippen LogP contribution in [0.25, 0.3) is 0 Å². The SMILES string of the molecule is CC(C)[C@@H](NC(=O)c1ccc2c(c1)OCO2)C(=O)N/N=C/c1ccccc1. The Hall–Kier alpha value is -3.35. The van der Waals surface area contributed by atoms with Crippen molar-refractivity contribution in [3.05, 3.63) is 59.7 Å². The summed E-state index contributed by atoms with van der Waals surface area (Å²) in [6.07, 6.45) is 1.55. The average Bonchev–Trinajstić information content (AvgIpc) is 3.14. The quantitative estimate of drug-likeness (QED) is 0.606. The number of ether oxygens (including phenoxy) is 2. The largest absolute Gasteiger partial charge is 0.454 e. The summed E-state index contributed by atoms with van der Waals surface area (Å²) >= 11 is 0. The van der Waals surface area contributed by atoms with Crippen molar-refractivity contribution in [3.8, 4) is 11.5 Å². The van der Waals surface area contributed by atoms with Crippen LogP contribution in [0, 0.1) is 5.92 Å². The van der Waals surface area contributed by atoms with E-state index in [-0.39, 0.29) is 24.5 Å². The van der Waals surface area contributed by atoms with Crippen molar-refractivity contribution >= 4 is 18.0 Å². The van der Waals surface area contributed by atoms with Gasteiger partial charge in [0.05, 0.1) is 6.21 Å². The van der Waals surface area contributed by atoms with Crippen LogP contribution in [0.1, 0.15) is 29.8 Å². The van der Waals surface area contributed by atoms with E-state index >= 15 is 0 Å². The second-order valence-electron chi connectivity index (χ2n) is 6.41. The van der Waals surface area contributed by atoms with Gasteiger partial charge in [0.15, 0.2) is 11.5 Å². The molecule has 1 aliphatic rings. The molecule has 140 valence electrons. The minimum Gasteiger partial charge on any atom is -0.454 e. The molecule has 0 fully saturated rings. The van der Waals surface area contributed by atoms with Crippen molar-refractivity contribution in [1.82, 2.24) is 10.7 Å². The Balaban J connectivity index is 1.63. The molecule has 3 rings (SSSR count). The van der Waals surface area contributed by atoms with Crippen LogP contribution < -0.4 is 20.2 Å². The lowest BCUT2D eigenvalue weighted by molar-refractivity contribution is -0.123. The molecule has 1 atom stereocenters. The number of benzene rings is 2. The van der Waals surface area contributed by atoms with Crippen molar-refractivity contribution < 1.29 is 19.1 Å². The van der Waals surface area contributed by atoms with Crippen LogP contribution in [0.4, 0.5) is 0 Å². The number of rotatable bonds is 6. The number of hydrogen-bond acceptors (Lipinski definition) is 5. The Labute approximate surface area is 157 Å². The number of amides is 2. The van der Waals surface area contributed by atoms with Gasteiger partial charge in [-0.1, -0.05) is 44.2 Å². The summed E-state index contributed by atoms with van der Waals surface area (Å²) in [5, 5.41) is 6.71. The van der Waals surface area contributed by atoms with Gasteiger partial charge in [-0.2, -0.15) is 5.10 Å². The van der Waals surface area contributed by atoms with E-state index < -0.39 is 6.04 Å². The predicted molar refractivity (Wildman–Crippen MR) is 101 cm³/mol. The minimum atomic E-state index is -0.726. The van der Waals surface area contributed by atoms with Crippen LogP contribution in [-0.4, -0.2) is 30.9 Å². The van der Waals surface area contributed by atoms with E-state index in [1.807, 2.05) is 44.2 Å². The Morgan fingerprint density at radius 3 is 2.56 bits per heavy atom. The zero-order chi connectivity index (χ0) is 19.2. The smallest absolute Gasteiger partial charge is 0.262 e. The van der Waals surface area contributed by atoms with Gasteiger partial charge in [-0.05, 0) is 29.7 Å². The average molecular weight is 367 g/mol. The Morgan fingerprint density at radius 1 is 1.07 bits per heavy atom. The maximum Gasteiger partial charge on any atom is 0.262 e. The monoisotopic (exact) mass is 367 g/mol. The van der Waals surface area contributed by atoms with Gasteiger partial charge in [-0.15, -0.1) is 0 Å². The standard InChI is InChI=1S/C20H21N3O4/c1-13(2)18(20(25)23-21-11-14-6-4-3-5-7-14)22-19(24)15-8-9-16-17(10-15)27-12-26-16/h3-11,13,18H,12H2,1-2H3,(H,22,24)(H,23,25)/b21-11+/t18-/m1/s1. The fourth-order valence-corrected chi connectivity index (χ4v) is 2.58. The van der Waals surface area contributed by atoms with Gasteiger partial charge >= 0.3 is 0 Å². The highest BCUT2D eigenvalue weighted by Gasteiger charge is 2.25. The first-order valence-electron chi connectivity index (χ1n) is 8.63. The number of hydrogen-bond donors (Lipinski definition) is 2. The molecule has 0 radical (unpaired) electrons. The van der Waals surface area contributed by atoms with Crippen LogP contribution in [-0.2, 0) is 4.79 Å². The first-order chi connectivity index (χ1) is 13.0. The molecule has 7 heteroatoms. The van der Waals surface area contributed by atoms with E-state index in [0.29, 0.717) is 17.1 Å². The number of carbonyl (C=O) groups is 2. The zero-order valence-corrected chi connectivity index (χ0v) is 15.1. The van der Waals surface area contributed by atoms with Gasteiger partial charge in [0.2, 0.25) is 6.79 Å². The van der Waals surface area contributed by atoms with Crippen LogP contribution in [0.2, 0.25) is 0 Å². The molecule has 0 aliphatic carbocycles. The highest BCUT2D eigenvalue weighted by atomic mass is 16.7. The Kier molecular flexibility index (Phi) is 5.71. The molecule has 1 aliphatic heterocycles. The van der Waals surface area contributed by atoms with Crippen LogP contribution in [0.3, 0.4) is 0 Å². The van der Waals surface area contributed by atoms with Crippen molar-refractivity contribution in [3.63, 3.8) is 0 Å². The maximum absolute atomic E-state index is 12.5. The third-order valence-corrected chi connectivity index (χ3v) is 4.06. The molecule has 0 spiro atoms. The third-order valence-electron chi connectivity index (χ3n) is 4.06. The van der Waals surface area contributed by atoms with E-state index in [0.717, 1.165) is 5.56 Å². The van der Waals surface area contributed by atoms with Gasteiger partial charge < -0.3 is 14.8 Å². The molecule has 0 saturated heterocycles. The number of nitrogens with zero attached hydrogens (tertiary/aromatic N) is 1. The normalized spacial score (nSPS) is 13.6. The summed E-state index contributed by atoms with van der Waals surface area (Å²) in [5.41, 5.74) is 3.74. The van der Waals surface area contributed by atoms with Gasteiger partial charge in [0, 0.05) is 5.56 Å². The summed E-state index contributed by atoms with van der Waals surface area (Å²) in [5.74, 6) is 0.246. The number of carbonyl (C=O) groups excluding carboxylic acids is 2. The molecule has 2 N–H and O–H groups in total. The molecule has 2 aromatic rings. The summed E-state index contributed by atoms with van der Waals surface area (Å²) in [6, 6.07) is 13.6. The molecule has 0 unspecified atom stereocenters. The molecular weight excluding hydrogens is 346 g/mol. The van der Waals surface area contributed by atoms with E-state index in [9.17, 15) is 9.59 Å². The fourth-order valence-electron chi connectivity index (χ4n) is 2.58. The zero-order valence-electron chi connectivity index (χ0n) is 15.1. The first-order valence-corrected chi connectivity index (χ1v) is 8.63. The van der Waals surface area contributed by atoms with Crippen LogP contribution >= 0.6 is 0 Å². The van der Waals surface area contributed by atoms with Gasteiger partial charge in [-0.25, -0.2) is 5.43 Å². The second kappa shape index (κ2) is 8.35. The van der Waals surface area contributed by atoms with Crippen molar-refractivity contribution in [1.29, 1.82) is 0 Å². The maximum atomic E-state index is 12.5. The summed E-state index contributed by atoms with van der Waals surface area (Å²) in [4.78, 5) is 25.0. The highest BCUT2D eigenvalue weighted by molar-refractivity contribution is 5.98. The molecule has 0 saturated carbocycles. The van der Waals surface area contributed by atoms with Crippen molar-refractivity contribution in [2.75, 3.05) is 6.79 Å². The number of hydrazone groups is 1. The second-order valence-corrected chi connectivity index (χ2v) is 6.41. The third kappa shape index (κ3) is 4.63. The van der Waals surface area contributed by atoms with Crippen LogP contribution in [0.15, 0.2) is 53.6 Å². The van der Waals surface area contributed by atoms with Crippen molar-refractivity contribution in [2.24, 2.45) is 11.0 Å². The topological polar surface area (TPSA) is 89.0 Å². The highest BCUT2D eigenvalue weighted by Crippen LogP contribution is 2.32. The molecule has 7 nitrogen and oxygen atoms in total. The fraction of sp³-hybridized carbons (Fsp3) is 0.250. The Bertz CT molecular complexity index is 850. The van der Waals surface area contributed by atoms with E-state index in [1.165, 1.54) is 0 Å². The van der Waals surface area contributed by atoms with Crippen molar-refractivity contribution in [2.45, 2.75) is 19.9 Å². The lowest BCUT2D eigenvalue weighted by atomic mass is 10.0. The molecule has 0 aromatic heterocycles. The summed E-state index contributed by atoms with van der Waals surface area (Å²) in [6.45, 7) is 3.84. The van der Waals surface area contributed by atoms with Gasteiger partial charge in [0.1, 0.15) is 6.04 Å². The first kappa shape index (κ1) is 18.4. The molecule has 2 amide bonds. The van der Waals surface area contributed by atoms with Gasteiger partial charge in [0.25, 0.3) is 11.8 Å². The molecular formula is C20H21N3O4. The van der Waals surface area contributed by atoms with Gasteiger partial charge in [-0.3, -0.25) is 9.59 Å². The Morgan fingerprint density at radius 2 is 1.81 bits per heavy atom. The lowest BCUT2D eigenvalue weighted by Crippen LogP contribution is -2.48. The van der Waals surface area contributed by atoms with E-state index in [4.69, 9.17) is 9.47 Å². The number of fused-ring (bicyclic) bond motifs is 1. The summed E-state index contributed by atoms with van der Waals surface area (Å²) in [7, 11) is 0.